The third-order valence-corrected chi connectivity index (χ3v) is 4.72. The fourth-order valence-corrected chi connectivity index (χ4v) is 3.04. The van der Waals surface area contributed by atoms with Gasteiger partial charge in [0.15, 0.2) is 11.2 Å². The number of nitrogens with one attached hydrogen (secondary N) is 2. The lowest BCUT2D eigenvalue weighted by atomic mass is 10.3. The van der Waals surface area contributed by atoms with Crippen LogP contribution in [-0.2, 0) is 13.6 Å². The summed E-state index contributed by atoms with van der Waals surface area (Å²) in [7, 11) is 1.54. The number of fused-ring (bicyclic) bond motifs is 1. The smallest absolute Gasteiger partial charge is 0.329 e. The monoisotopic (exact) mass is 421 g/mol. The molecule has 0 saturated carbocycles. The lowest BCUT2D eigenvalue weighted by Crippen LogP contribution is -2.31. The molecule has 0 aliphatic carbocycles. The SMILES string of the molecule is CCCCNc1nc2c(c(=O)[nH]c(=O)n2C)n1C[C@@H](O)COc1ccc(Cl)cc1. The van der Waals surface area contributed by atoms with E-state index in [9.17, 15) is 14.7 Å². The zero-order valence-electron chi connectivity index (χ0n) is 16.3. The van der Waals surface area contributed by atoms with E-state index in [0.717, 1.165) is 12.8 Å². The molecule has 0 bridgehead atoms. The summed E-state index contributed by atoms with van der Waals surface area (Å²) in [4.78, 5) is 31.0. The van der Waals surface area contributed by atoms with Crippen LogP contribution < -0.4 is 21.3 Å². The van der Waals surface area contributed by atoms with Crippen molar-refractivity contribution < 1.29 is 9.84 Å². The van der Waals surface area contributed by atoms with Gasteiger partial charge in [-0.15, -0.1) is 0 Å². The number of imidazole rings is 1. The van der Waals surface area contributed by atoms with E-state index < -0.39 is 17.4 Å². The van der Waals surface area contributed by atoms with Crippen LogP contribution >= 0.6 is 11.6 Å². The molecule has 1 aromatic carbocycles. The molecule has 3 aromatic rings. The molecule has 3 rings (SSSR count). The molecular weight excluding hydrogens is 398 g/mol. The van der Waals surface area contributed by atoms with Gasteiger partial charge in [0.05, 0.1) is 6.54 Å². The molecule has 2 aromatic heterocycles. The van der Waals surface area contributed by atoms with Crippen molar-refractivity contribution in [1.82, 2.24) is 19.1 Å². The number of aliphatic hydroxyl groups is 1. The first kappa shape index (κ1) is 20.9. The van der Waals surface area contributed by atoms with Gasteiger partial charge in [-0.1, -0.05) is 24.9 Å². The summed E-state index contributed by atoms with van der Waals surface area (Å²) in [6.07, 6.45) is 0.997. The van der Waals surface area contributed by atoms with Crippen molar-refractivity contribution >= 4 is 28.7 Å². The highest BCUT2D eigenvalue weighted by atomic mass is 35.5. The molecule has 0 fully saturated rings. The average Bonchev–Trinajstić information content (AvgIpc) is 3.05. The van der Waals surface area contributed by atoms with Crippen molar-refractivity contribution in [3.8, 4) is 5.75 Å². The van der Waals surface area contributed by atoms with E-state index in [1.165, 1.54) is 11.6 Å². The van der Waals surface area contributed by atoms with Crippen LogP contribution in [0.3, 0.4) is 0 Å². The van der Waals surface area contributed by atoms with Crippen LogP contribution in [0.2, 0.25) is 5.02 Å². The van der Waals surface area contributed by atoms with Gasteiger partial charge in [-0.2, -0.15) is 4.98 Å². The van der Waals surface area contributed by atoms with Crippen molar-refractivity contribution in [3.05, 3.63) is 50.1 Å². The molecule has 0 aliphatic heterocycles. The molecule has 156 valence electrons. The third-order valence-electron chi connectivity index (χ3n) is 4.47. The first-order valence-electron chi connectivity index (χ1n) is 9.40. The van der Waals surface area contributed by atoms with Crippen molar-refractivity contribution in [3.63, 3.8) is 0 Å². The first-order valence-corrected chi connectivity index (χ1v) is 9.78. The van der Waals surface area contributed by atoms with E-state index in [0.29, 0.717) is 23.3 Å². The van der Waals surface area contributed by atoms with E-state index in [1.807, 2.05) is 0 Å². The van der Waals surface area contributed by atoms with Crippen LogP contribution in [-0.4, -0.2) is 43.5 Å². The van der Waals surface area contributed by atoms with Gasteiger partial charge in [-0.3, -0.25) is 14.3 Å². The minimum absolute atomic E-state index is 0.0133. The van der Waals surface area contributed by atoms with Crippen LogP contribution in [0.4, 0.5) is 5.95 Å². The zero-order valence-corrected chi connectivity index (χ0v) is 17.1. The summed E-state index contributed by atoms with van der Waals surface area (Å²) in [6, 6.07) is 6.81. The second-order valence-corrected chi connectivity index (χ2v) is 7.17. The Morgan fingerprint density at radius 1 is 1.31 bits per heavy atom. The first-order chi connectivity index (χ1) is 13.9. The summed E-state index contributed by atoms with van der Waals surface area (Å²) in [6.45, 7) is 2.80. The summed E-state index contributed by atoms with van der Waals surface area (Å²) >= 11 is 5.85. The standard InChI is InChI=1S/C19H24ClN5O4/c1-3-4-9-21-18-22-16-15(17(27)23-19(28)24(16)2)25(18)10-13(26)11-29-14-7-5-12(20)6-8-14/h5-8,13,26H,3-4,9-11H2,1-2H3,(H,21,22)(H,23,27,28)/t13-/m1/s1. The number of benzene rings is 1. The molecule has 0 radical (unpaired) electrons. The molecular formula is C19H24ClN5O4. The van der Waals surface area contributed by atoms with Gasteiger partial charge >= 0.3 is 5.69 Å². The van der Waals surface area contributed by atoms with E-state index in [4.69, 9.17) is 16.3 Å². The zero-order chi connectivity index (χ0) is 21.0. The van der Waals surface area contributed by atoms with Crippen LogP contribution in [0, 0.1) is 0 Å². The lowest BCUT2D eigenvalue weighted by molar-refractivity contribution is 0.0938. The Hall–Kier alpha value is -2.78. The predicted molar refractivity (Wildman–Crippen MR) is 112 cm³/mol. The van der Waals surface area contributed by atoms with Gasteiger partial charge in [0, 0.05) is 18.6 Å². The third kappa shape index (κ3) is 4.80. The maximum atomic E-state index is 12.4. The van der Waals surface area contributed by atoms with Crippen LogP contribution in [0.1, 0.15) is 19.8 Å². The van der Waals surface area contributed by atoms with E-state index in [1.54, 1.807) is 28.8 Å². The van der Waals surface area contributed by atoms with E-state index in [2.05, 4.69) is 22.2 Å². The van der Waals surface area contributed by atoms with Gasteiger partial charge in [-0.05, 0) is 30.7 Å². The highest BCUT2D eigenvalue weighted by Gasteiger charge is 2.19. The molecule has 1 atom stereocenters. The molecule has 2 heterocycles. The number of rotatable bonds is 9. The quantitative estimate of drug-likeness (QED) is 0.453. The molecule has 0 spiro atoms. The number of aliphatic hydroxyl groups excluding tert-OH is 1. The topological polar surface area (TPSA) is 114 Å². The van der Waals surface area contributed by atoms with Crippen molar-refractivity contribution in [2.45, 2.75) is 32.4 Å². The molecule has 0 aliphatic rings. The van der Waals surface area contributed by atoms with Crippen molar-refractivity contribution in [2.24, 2.45) is 7.05 Å². The highest BCUT2D eigenvalue weighted by Crippen LogP contribution is 2.18. The Kier molecular flexibility index (Phi) is 6.60. The Morgan fingerprint density at radius 3 is 2.72 bits per heavy atom. The fraction of sp³-hybridized carbons (Fsp3) is 0.421. The number of unbranched alkanes of at least 4 members (excludes halogenated alkanes) is 1. The van der Waals surface area contributed by atoms with Gasteiger partial charge in [0.25, 0.3) is 5.56 Å². The number of halogens is 1. The molecule has 0 saturated heterocycles. The van der Waals surface area contributed by atoms with Crippen molar-refractivity contribution in [1.29, 1.82) is 0 Å². The number of hydrogen-bond acceptors (Lipinski definition) is 6. The number of ether oxygens (including phenoxy) is 1. The van der Waals surface area contributed by atoms with E-state index >= 15 is 0 Å². The second kappa shape index (κ2) is 9.15. The maximum absolute atomic E-state index is 12.4. The van der Waals surface area contributed by atoms with Gasteiger partial charge in [0.1, 0.15) is 18.5 Å². The van der Waals surface area contributed by atoms with Gasteiger partial charge < -0.3 is 19.7 Å². The maximum Gasteiger partial charge on any atom is 0.329 e. The number of nitrogens with zero attached hydrogens (tertiary/aromatic N) is 3. The highest BCUT2D eigenvalue weighted by molar-refractivity contribution is 6.30. The second-order valence-electron chi connectivity index (χ2n) is 6.74. The Bertz CT molecular complexity index is 1090. The summed E-state index contributed by atoms with van der Waals surface area (Å²) < 4.78 is 8.45. The Labute approximate surface area is 171 Å². The Morgan fingerprint density at radius 2 is 2.03 bits per heavy atom. The normalized spacial score (nSPS) is 12.3. The van der Waals surface area contributed by atoms with Crippen LogP contribution in [0.5, 0.6) is 5.75 Å². The molecule has 0 unspecified atom stereocenters. The molecule has 0 amide bonds. The molecule has 9 nitrogen and oxygen atoms in total. The van der Waals surface area contributed by atoms with Crippen LogP contribution in [0.15, 0.2) is 33.9 Å². The largest absolute Gasteiger partial charge is 0.491 e. The molecule has 29 heavy (non-hydrogen) atoms. The van der Waals surface area contributed by atoms with Crippen molar-refractivity contribution in [2.75, 3.05) is 18.5 Å². The van der Waals surface area contributed by atoms with Crippen LogP contribution in [0.25, 0.3) is 11.2 Å². The minimum atomic E-state index is -0.911. The number of H-pyrrole nitrogens is 1. The van der Waals surface area contributed by atoms with E-state index in [-0.39, 0.29) is 24.3 Å². The Balaban J connectivity index is 1.86. The molecule has 10 heteroatoms. The van der Waals surface area contributed by atoms with Gasteiger partial charge in [-0.25, -0.2) is 4.79 Å². The average molecular weight is 422 g/mol. The molecule has 3 N–H and O–H groups in total. The number of hydrogen-bond donors (Lipinski definition) is 3. The minimum Gasteiger partial charge on any atom is -0.491 e. The predicted octanol–water partition coefficient (Wildman–Crippen LogP) is 1.73. The van der Waals surface area contributed by atoms with Gasteiger partial charge in [0.2, 0.25) is 5.95 Å². The summed E-state index contributed by atoms with van der Waals surface area (Å²) in [5, 5.41) is 14.3. The number of anilines is 1. The lowest BCUT2D eigenvalue weighted by Gasteiger charge is -2.16. The number of aromatic nitrogens is 4. The number of aryl methyl sites for hydroxylation is 1. The number of aromatic amines is 1. The summed E-state index contributed by atoms with van der Waals surface area (Å²) in [5.41, 5.74) is -0.621. The fourth-order valence-electron chi connectivity index (χ4n) is 2.91. The summed E-state index contributed by atoms with van der Waals surface area (Å²) in [5.74, 6) is 0.996.